The lowest BCUT2D eigenvalue weighted by molar-refractivity contribution is -0.149. The first-order valence-corrected chi connectivity index (χ1v) is 10.4. The molecule has 5 heteroatoms. The van der Waals surface area contributed by atoms with Crippen molar-refractivity contribution in [1.82, 2.24) is 0 Å². The van der Waals surface area contributed by atoms with Gasteiger partial charge in [-0.05, 0) is 37.8 Å². The highest BCUT2D eigenvalue weighted by molar-refractivity contribution is 7.99. The number of ether oxygens (including phenoxy) is 2. The molecule has 1 aromatic carbocycles. The lowest BCUT2D eigenvalue weighted by Gasteiger charge is -2.20. The van der Waals surface area contributed by atoms with Gasteiger partial charge in [0.2, 0.25) is 0 Å². The first kappa shape index (κ1) is 19.8. The van der Waals surface area contributed by atoms with Gasteiger partial charge in [0.15, 0.2) is 0 Å². The summed E-state index contributed by atoms with van der Waals surface area (Å²) in [6.45, 7) is 0. The second-order valence-corrected chi connectivity index (χ2v) is 7.58. The quantitative estimate of drug-likeness (QED) is 0.378. The van der Waals surface area contributed by atoms with Crippen molar-refractivity contribution >= 4 is 23.7 Å². The number of rotatable bonds is 8. The highest BCUT2D eigenvalue weighted by Gasteiger charge is 2.15. The summed E-state index contributed by atoms with van der Waals surface area (Å²) >= 11 is 1.59. The largest absolute Gasteiger partial charge is 0.462 e. The summed E-state index contributed by atoms with van der Waals surface area (Å²) < 4.78 is 10.8. The van der Waals surface area contributed by atoms with Gasteiger partial charge in [-0.15, -0.1) is 0 Å². The van der Waals surface area contributed by atoms with Crippen molar-refractivity contribution in [2.45, 2.75) is 63.9 Å². The van der Waals surface area contributed by atoms with E-state index in [9.17, 15) is 9.59 Å². The fourth-order valence-electron chi connectivity index (χ4n) is 2.87. The first-order valence-electron chi connectivity index (χ1n) is 9.27. The second-order valence-electron chi connectivity index (χ2n) is 6.36. The van der Waals surface area contributed by atoms with E-state index < -0.39 is 0 Å². The molecule has 0 N–H and O–H groups in total. The van der Waals surface area contributed by atoms with Gasteiger partial charge in [0.25, 0.3) is 0 Å². The smallest absolute Gasteiger partial charge is 0.312 e. The van der Waals surface area contributed by atoms with Crippen LogP contribution in [-0.4, -0.2) is 29.5 Å². The minimum Gasteiger partial charge on any atom is -0.462 e. The molecule has 1 saturated carbocycles. The van der Waals surface area contributed by atoms with Gasteiger partial charge in [-0.2, -0.15) is 11.8 Å². The SMILES string of the molecule is O=C(CCSCCC(=O)OC1CCCCCCC1)Oc1ccccc1. The maximum absolute atomic E-state index is 11.9. The molecule has 1 aliphatic rings. The molecule has 0 bridgehead atoms. The van der Waals surface area contributed by atoms with E-state index in [2.05, 4.69) is 0 Å². The van der Waals surface area contributed by atoms with Crippen LogP contribution in [0.2, 0.25) is 0 Å². The molecule has 2 rings (SSSR count). The fourth-order valence-corrected chi connectivity index (χ4v) is 3.69. The Morgan fingerprint density at radius 1 is 0.880 bits per heavy atom. The standard InChI is InChI=1S/C20H28O4S/c21-19(23-17-9-5-2-1-3-6-10-17)13-15-25-16-14-20(22)24-18-11-7-4-8-12-18/h4,7-8,11-12,17H,1-3,5-6,9-10,13-16H2. The third-order valence-electron chi connectivity index (χ3n) is 4.23. The molecule has 0 spiro atoms. The van der Waals surface area contributed by atoms with Crippen molar-refractivity contribution in [3.05, 3.63) is 30.3 Å². The van der Waals surface area contributed by atoms with E-state index in [1.165, 1.54) is 19.3 Å². The van der Waals surface area contributed by atoms with Crippen LogP contribution in [0.25, 0.3) is 0 Å². The van der Waals surface area contributed by atoms with Gasteiger partial charge < -0.3 is 9.47 Å². The summed E-state index contributed by atoms with van der Waals surface area (Å²) in [6.07, 6.45) is 9.02. The monoisotopic (exact) mass is 364 g/mol. The molecular weight excluding hydrogens is 336 g/mol. The van der Waals surface area contributed by atoms with Gasteiger partial charge >= 0.3 is 11.9 Å². The predicted molar refractivity (Wildman–Crippen MR) is 101 cm³/mol. The highest BCUT2D eigenvalue weighted by Crippen LogP contribution is 2.20. The van der Waals surface area contributed by atoms with Crippen molar-refractivity contribution in [1.29, 1.82) is 0 Å². The fraction of sp³-hybridized carbons (Fsp3) is 0.600. The number of hydrogen-bond acceptors (Lipinski definition) is 5. The Morgan fingerprint density at radius 2 is 1.48 bits per heavy atom. The Bertz CT molecular complexity index is 510. The number of esters is 2. The average Bonchev–Trinajstić information content (AvgIpc) is 2.58. The Balaban J connectivity index is 1.51. The third kappa shape index (κ3) is 8.96. The number of thioether (sulfide) groups is 1. The number of hydrogen-bond donors (Lipinski definition) is 0. The van der Waals surface area contributed by atoms with Crippen LogP contribution >= 0.6 is 11.8 Å². The van der Waals surface area contributed by atoms with Crippen molar-refractivity contribution in [3.8, 4) is 5.75 Å². The van der Waals surface area contributed by atoms with Crippen LogP contribution < -0.4 is 4.74 Å². The van der Waals surface area contributed by atoms with Crippen LogP contribution in [0.3, 0.4) is 0 Å². The van der Waals surface area contributed by atoms with E-state index in [0.29, 0.717) is 30.1 Å². The van der Waals surface area contributed by atoms with Crippen molar-refractivity contribution in [2.75, 3.05) is 11.5 Å². The Kier molecular flexibility index (Phi) is 9.49. The van der Waals surface area contributed by atoms with E-state index in [0.717, 1.165) is 25.7 Å². The zero-order chi connectivity index (χ0) is 17.7. The number of benzene rings is 1. The molecule has 0 unspecified atom stereocenters. The molecule has 138 valence electrons. The van der Waals surface area contributed by atoms with Crippen molar-refractivity contribution in [2.24, 2.45) is 0 Å². The van der Waals surface area contributed by atoms with E-state index in [-0.39, 0.29) is 18.0 Å². The maximum atomic E-state index is 11.9. The average molecular weight is 365 g/mol. The van der Waals surface area contributed by atoms with Gasteiger partial charge in [0.1, 0.15) is 11.9 Å². The summed E-state index contributed by atoms with van der Waals surface area (Å²) in [7, 11) is 0. The number of carbonyl (C=O) groups is 2. The third-order valence-corrected chi connectivity index (χ3v) is 5.21. The highest BCUT2D eigenvalue weighted by atomic mass is 32.2. The summed E-state index contributed by atoms with van der Waals surface area (Å²) in [5, 5.41) is 0. The van der Waals surface area contributed by atoms with Crippen LogP contribution in [0.5, 0.6) is 5.75 Å². The number of para-hydroxylation sites is 1. The molecule has 1 fully saturated rings. The Labute approximate surface area is 154 Å². The van der Waals surface area contributed by atoms with Crippen LogP contribution in [0.15, 0.2) is 30.3 Å². The second kappa shape index (κ2) is 12.0. The minimum atomic E-state index is -0.240. The van der Waals surface area contributed by atoms with E-state index in [4.69, 9.17) is 9.47 Å². The molecule has 0 radical (unpaired) electrons. The van der Waals surface area contributed by atoms with E-state index in [1.54, 1.807) is 23.9 Å². The summed E-state index contributed by atoms with van der Waals surface area (Å²) in [4.78, 5) is 23.6. The Morgan fingerprint density at radius 3 is 2.16 bits per heavy atom. The number of carbonyl (C=O) groups excluding carboxylic acids is 2. The molecule has 1 aromatic rings. The topological polar surface area (TPSA) is 52.6 Å². The zero-order valence-electron chi connectivity index (χ0n) is 14.8. The van der Waals surface area contributed by atoms with Crippen LogP contribution in [0.4, 0.5) is 0 Å². The van der Waals surface area contributed by atoms with E-state index >= 15 is 0 Å². The minimum absolute atomic E-state index is 0.107. The van der Waals surface area contributed by atoms with E-state index in [1.807, 2.05) is 18.2 Å². The molecule has 0 saturated heterocycles. The molecule has 0 heterocycles. The van der Waals surface area contributed by atoms with Crippen molar-refractivity contribution < 1.29 is 19.1 Å². The van der Waals surface area contributed by atoms with Gasteiger partial charge in [-0.1, -0.05) is 37.5 Å². The van der Waals surface area contributed by atoms with Gasteiger partial charge in [0.05, 0.1) is 12.8 Å². The van der Waals surface area contributed by atoms with Gasteiger partial charge in [-0.25, -0.2) is 0 Å². The lowest BCUT2D eigenvalue weighted by atomic mass is 9.98. The Hall–Kier alpha value is -1.49. The molecule has 0 atom stereocenters. The maximum Gasteiger partial charge on any atom is 0.312 e. The van der Waals surface area contributed by atoms with Crippen molar-refractivity contribution in [3.63, 3.8) is 0 Å². The molecule has 0 aromatic heterocycles. The van der Waals surface area contributed by atoms with Crippen LogP contribution in [-0.2, 0) is 14.3 Å². The molecule has 0 amide bonds. The predicted octanol–water partition coefficient (Wildman–Crippen LogP) is 4.76. The van der Waals surface area contributed by atoms with Crippen LogP contribution in [0, 0.1) is 0 Å². The molecule has 4 nitrogen and oxygen atoms in total. The summed E-state index contributed by atoms with van der Waals surface area (Å²) in [6, 6.07) is 9.06. The summed E-state index contributed by atoms with van der Waals surface area (Å²) in [5.41, 5.74) is 0. The summed E-state index contributed by atoms with van der Waals surface area (Å²) in [5.74, 6) is 1.56. The first-order chi connectivity index (χ1) is 12.2. The molecule has 0 aliphatic heterocycles. The van der Waals surface area contributed by atoms with Gasteiger partial charge in [-0.3, -0.25) is 9.59 Å². The normalized spacial score (nSPS) is 15.8. The molecule has 25 heavy (non-hydrogen) atoms. The van der Waals surface area contributed by atoms with Crippen LogP contribution in [0.1, 0.15) is 57.8 Å². The lowest BCUT2D eigenvalue weighted by Crippen LogP contribution is -2.19. The molecular formula is C20H28O4S. The van der Waals surface area contributed by atoms with Gasteiger partial charge in [0, 0.05) is 11.5 Å². The molecule has 1 aliphatic carbocycles. The zero-order valence-corrected chi connectivity index (χ0v) is 15.6.